The highest BCUT2D eigenvalue weighted by Gasteiger charge is 2.17. The predicted octanol–water partition coefficient (Wildman–Crippen LogP) is 3.86. The molecule has 0 aliphatic carbocycles. The molecule has 2 atom stereocenters. The van der Waals surface area contributed by atoms with Crippen LogP contribution in [-0.2, 0) is 16.0 Å². The van der Waals surface area contributed by atoms with Gasteiger partial charge in [0.2, 0.25) is 5.91 Å². The van der Waals surface area contributed by atoms with Crippen molar-refractivity contribution in [1.82, 2.24) is 5.32 Å². The Morgan fingerprint density at radius 2 is 1.77 bits per heavy atom. The van der Waals surface area contributed by atoms with Gasteiger partial charge in [0.15, 0.2) is 6.61 Å². The molecular weight excluding hydrogens is 354 g/mol. The number of hydrogen-bond acceptors (Lipinski definition) is 3. The number of nitrogens with one attached hydrogen (secondary N) is 1. The van der Waals surface area contributed by atoms with E-state index in [1.807, 2.05) is 38.1 Å². The maximum absolute atomic E-state index is 12.4. The number of hydrogen-bond donors (Lipinski definition) is 2. The summed E-state index contributed by atoms with van der Waals surface area (Å²) in [5, 5.41) is 12.3. The van der Waals surface area contributed by atoms with E-state index in [9.17, 15) is 9.59 Å². The summed E-state index contributed by atoms with van der Waals surface area (Å²) >= 11 is 6.15. The van der Waals surface area contributed by atoms with Gasteiger partial charge in [-0.3, -0.25) is 4.79 Å². The Morgan fingerprint density at radius 1 is 1.12 bits per heavy atom. The van der Waals surface area contributed by atoms with Gasteiger partial charge in [-0.1, -0.05) is 48.9 Å². The van der Waals surface area contributed by atoms with Crippen LogP contribution in [0.5, 0.6) is 5.75 Å². The van der Waals surface area contributed by atoms with Gasteiger partial charge in [-0.05, 0) is 42.7 Å². The van der Waals surface area contributed by atoms with Crippen LogP contribution in [0.15, 0.2) is 48.5 Å². The molecule has 0 spiro atoms. The average molecular weight is 376 g/mol. The van der Waals surface area contributed by atoms with Crippen molar-refractivity contribution in [3.05, 3.63) is 64.7 Å². The number of carboxylic acids is 1. The Hall–Kier alpha value is -2.53. The highest BCUT2D eigenvalue weighted by molar-refractivity contribution is 6.31. The molecule has 0 bridgehead atoms. The second-order valence-electron chi connectivity index (χ2n) is 6.18. The first-order valence-corrected chi connectivity index (χ1v) is 8.73. The summed E-state index contributed by atoms with van der Waals surface area (Å²) in [4.78, 5) is 22.9. The number of ether oxygens (including phenoxy) is 1. The minimum absolute atomic E-state index is 0.0522. The number of halogens is 1. The van der Waals surface area contributed by atoms with Gasteiger partial charge >= 0.3 is 5.97 Å². The molecule has 138 valence electrons. The maximum atomic E-state index is 12.4. The molecule has 0 saturated heterocycles. The largest absolute Gasteiger partial charge is 0.482 e. The van der Waals surface area contributed by atoms with Crippen LogP contribution in [0.1, 0.15) is 31.0 Å². The second-order valence-corrected chi connectivity index (χ2v) is 6.59. The van der Waals surface area contributed by atoms with E-state index in [0.717, 1.165) is 11.1 Å². The minimum atomic E-state index is -1.03. The monoisotopic (exact) mass is 375 g/mol. The van der Waals surface area contributed by atoms with E-state index in [4.69, 9.17) is 21.4 Å². The smallest absolute Gasteiger partial charge is 0.341 e. The quantitative estimate of drug-likeness (QED) is 0.734. The normalized spacial score (nSPS) is 12.9. The van der Waals surface area contributed by atoms with Gasteiger partial charge in [0, 0.05) is 10.9 Å². The molecule has 26 heavy (non-hydrogen) atoms. The third-order valence-corrected chi connectivity index (χ3v) is 4.40. The fraction of sp³-hybridized carbons (Fsp3) is 0.300. The molecule has 1 amide bonds. The zero-order valence-corrected chi connectivity index (χ0v) is 15.5. The standard InChI is InChI=1S/C20H22ClNO4/c1-13(11-16-5-3-4-6-18(16)21)20(25)22-14(2)15-7-9-17(10-8-15)26-12-19(23)24/h3-10,13-14H,11-12H2,1-2H3,(H,22,25)(H,23,24). The van der Waals surface area contributed by atoms with Gasteiger partial charge in [0.25, 0.3) is 0 Å². The van der Waals surface area contributed by atoms with Gasteiger partial charge in [0.05, 0.1) is 6.04 Å². The number of carboxylic acid groups (broad SMARTS) is 1. The van der Waals surface area contributed by atoms with E-state index in [1.54, 1.807) is 24.3 Å². The van der Waals surface area contributed by atoms with E-state index in [0.29, 0.717) is 17.2 Å². The van der Waals surface area contributed by atoms with Crippen LogP contribution in [0.3, 0.4) is 0 Å². The molecule has 6 heteroatoms. The fourth-order valence-electron chi connectivity index (χ4n) is 2.52. The maximum Gasteiger partial charge on any atom is 0.341 e. The first kappa shape index (κ1) is 19.8. The summed E-state index contributed by atoms with van der Waals surface area (Å²) < 4.78 is 5.10. The van der Waals surface area contributed by atoms with Crippen molar-refractivity contribution in [3.63, 3.8) is 0 Å². The molecule has 2 aromatic carbocycles. The van der Waals surface area contributed by atoms with Crippen molar-refractivity contribution in [2.45, 2.75) is 26.3 Å². The molecule has 2 unspecified atom stereocenters. The SMILES string of the molecule is CC(Cc1ccccc1Cl)C(=O)NC(C)c1ccc(OCC(=O)O)cc1. The molecule has 5 nitrogen and oxygen atoms in total. The lowest BCUT2D eigenvalue weighted by molar-refractivity contribution is -0.139. The second kappa shape index (κ2) is 9.25. The summed E-state index contributed by atoms with van der Waals surface area (Å²) in [5.74, 6) is -0.817. The molecule has 0 heterocycles. The Kier molecular flexibility index (Phi) is 7.04. The van der Waals surface area contributed by atoms with E-state index < -0.39 is 5.97 Å². The van der Waals surface area contributed by atoms with Crippen LogP contribution in [0.25, 0.3) is 0 Å². The van der Waals surface area contributed by atoms with Crippen molar-refractivity contribution in [2.75, 3.05) is 6.61 Å². The van der Waals surface area contributed by atoms with Crippen molar-refractivity contribution < 1.29 is 19.4 Å². The number of amides is 1. The first-order valence-electron chi connectivity index (χ1n) is 8.35. The molecule has 0 aliphatic rings. The van der Waals surface area contributed by atoms with Crippen LogP contribution in [0.2, 0.25) is 5.02 Å². The van der Waals surface area contributed by atoms with Gasteiger partial charge in [0.1, 0.15) is 5.75 Å². The molecule has 0 aromatic heterocycles. The Bertz CT molecular complexity index is 761. The third kappa shape index (κ3) is 5.77. The Labute approximate surface area is 157 Å². The van der Waals surface area contributed by atoms with E-state index >= 15 is 0 Å². The summed E-state index contributed by atoms with van der Waals surface area (Å²) in [7, 11) is 0. The number of carbonyl (C=O) groups excluding carboxylic acids is 1. The Balaban J connectivity index is 1.91. The molecule has 2 aromatic rings. The Morgan fingerprint density at radius 3 is 2.38 bits per heavy atom. The molecule has 0 saturated carbocycles. The molecule has 0 fully saturated rings. The van der Waals surface area contributed by atoms with Crippen LogP contribution < -0.4 is 10.1 Å². The van der Waals surface area contributed by atoms with Crippen molar-refractivity contribution >= 4 is 23.5 Å². The average Bonchev–Trinajstić information content (AvgIpc) is 2.62. The molecular formula is C20H22ClNO4. The lowest BCUT2D eigenvalue weighted by atomic mass is 9.99. The van der Waals surface area contributed by atoms with Crippen LogP contribution >= 0.6 is 11.6 Å². The van der Waals surface area contributed by atoms with E-state index in [2.05, 4.69) is 5.32 Å². The van der Waals surface area contributed by atoms with Crippen molar-refractivity contribution in [1.29, 1.82) is 0 Å². The van der Waals surface area contributed by atoms with Gasteiger partial charge in [-0.25, -0.2) is 4.79 Å². The van der Waals surface area contributed by atoms with E-state index in [1.165, 1.54) is 0 Å². The number of carbonyl (C=O) groups is 2. The molecule has 2 rings (SSSR count). The fourth-order valence-corrected chi connectivity index (χ4v) is 2.74. The lowest BCUT2D eigenvalue weighted by Gasteiger charge is -2.18. The predicted molar refractivity (Wildman–Crippen MR) is 100 cm³/mol. The summed E-state index contributed by atoms with van der Waals surface area (Å²) in [5.41, 5.74) is 1.86. The number of aliphatic carboxylic acids is 1. The van der Waals surface area contributed by atoms with Crippen LogP contribution in [0, 0.1) is 5.92 Å². The zero-order chi connectivity index (χ0) is 19.1. The third-order valence-electron chi connectivity index (χ3n) is 4.03. The highest BCUT2D eigenvalue weighted by Crippen LogP contribution is 2.21. The van der Waals surface area contributed by atoms with Crippen molar-refractivity contribution in [2.24, 2.45) is 5.92 Å². The minimum Gasteiger partial charge on any atom is -0.482 e. The summed E-state index contributed by atoms with van der Waals surface area (Å²) in [6.45, 7) is 3.38. The highest BCUT2D eigenvalue weighted by atomic mass is 35.5. The zero-order valence-electron chi connectivity index (χ0n) is 14.7. The van der Waals surface area contributed by atoms with Crippen LogP contribution in [-0.4, -0.2) is 23.6 Å². The number of rotatable bonds is 8. The summed E-state index contributed by atoms with van der Waals surface area (Å²) in [6.07, 6.45) is 0.570. The van der Waals surface area contributed by atoms with Gasteiger partial charge in [-0.2, -0.15) is 0 Å². The topological polar surface area (TPSA) is 75.6 Å². The molecule has 0 radical (unpaired) electrons. The van der Waals surface area contributed by atoms with Gasteiger partial charge in [-0.15, -0.1) is 0 Å². The van der Waals surface area contributed by atoms with Crippen molar-refractivity contribution in [3.8, 4) is 5.75 Å². The van der Waals surface area contributed by atoms with Gasteiger partial charge < -0.3 is 15.2 Å². The summed E-state index contributed by atoms with van der Waals surface area (Å²) in [6, 6.07) is 14.3. The van der Waals surface area contributed by atoms with E-state index in [-0.39, 0.29) is 24.5 Å². The first-order chi connectivity index (χ1) is 12.4. The van der Waals surface area contributed by atoms with Crippen LogP contribution in [0.4, 0.5) is 0 Å². The lowest BCUT2D eigenvalue weighted by Crippen LogP contribution is -2.32. The molecule has 0 aliphatic heterocycles. The number of benzene rings is 2. The molecule has 2 N–H and O–H groups in total.